The van der Waals surface area contributed by atoms with Crippen molar-refractivity contribution in [3.63, 3.8) is 0 Å². The molecule has 2 aliphatic carbocycles. The van der Waals surface area contributed by atoms with E-state index in [4.69, 9.17) is 4.74 Å². The van der Waals surface area contributed by atoms with Crippen LogP contribution < -0.4 is 5.32 Å². The van der Waals surface area contributed by atoms with Gasteiger partial charge < -0.3 is 10.1 Å². The van der Waals surface area contributed by atoms with E-state index in [1.54, 1.807) is 14.0 Å². The molecular formula is C18H28N2O2. The zero-order chi connectivity index (χ0) is 15.9. The van der Waals surface area contributed by atoms with E-state index in [2.05, 4.69) is 17.5 Å². The number of nitrogens with one attached hydrogen (secondary N) is 1. The van der Waals surface area contributed by atoms with Crippen LogP contribution in [0, 0.1) is 23.2 Å². The number of allylic oxidation sites excluding steroid dienone is 2. The number of hydrogen-bond acceptors (Lipinski definition) is 3. The summed E-state index contributed by atoms with van der Waals surface area (Å²) in [5.74, 6) is 0.982. The van der Waals surface area contributed by atoms with Gasteiger partial charge in [-0.05, 0) is 63.2 Å². The average Bonchev–Trinajstić information content (AvgIpc) is 2.54. The number of ether oxygens (including phenoxy) is 1. The Labute approximate surface area is 133 Å². The van der Waals surface area contributed by atoms with Crippen LogP contribution in [0.1, 0.15) is 58.3 Å². The quantitative estimate of drug-likeness (QED) is 0.810. The van der Waals surface area contributed by atoms with Crippen molar-refractivity contribution >= 4 is 5.91 Å². The van der Waals surface area contributed by atoms with E-state index in [0.29, 0.717) is 24.0 Å². The zero-order valence-corrected chi connectivity index (χ0v) is 13.8. The lowest BCUT2D eigenvalue weighted by atomic mass is 9.79. The molecule has 0 aromatic carbocycles. The fourth-order valence-corrected chi connectivity index (χ4v) is 3.85. The Morgan fingerprint density at radius 1 is 1.14 bits per heavy atom. The molecule has 2 saturated carbocycles. The molecule has 0 atom stereocenters. The molecule has 0 radical (unpaired) electrons. The fraction of sp³-hybridized carbons (Fsp3) is 0.778. The van der Waals surface area contributed by atoms with Crippen LogP contribution in [0.25, 0.3) is 0 Å². The number of rotatable bonds is 4. The van der Waals surface area contributed by atoms with Crippen LogP contribution in [0.4, 0.5) is 0 Å². The van der Waals surface area contributed by atoms with Gasteiger partial charge in [-0.25, -0.2) is 0 Å². The summed E-state index contributed by atoms with van der Waals surface area (Å²) in [6.07, 6.45) is 11.1. The lowest BCUT2D eigenvalue weighted by Gasteiger charge is -2.30. The van der Waals surface area contributed by atoms with Gasteiger partial charge in [0.1, 0.15) is 0 Å². The predicted molar refractivity (Wildman–Crippen MR) is 86.0 cm³/mol. The first-order valence-electron chi connectivity index (χ1n) is 8.54. The summed E-state index contributed by atoms with van der Waals surface area (Å²) >= 11 is 0. The third-order valence-electron chi connectivity index (χ3n) is 5.17. The van der Waals surface area contributed by atoms with Crippen molar-refractivity contribution in [1.82, 2.24) is 5.32 Å². The van der Waals surface area contributed by atoms with Gasteiger partial charge >= 0.3 is 0 Å². The highest BCUT2D eigenvalue weighted by molar-refractivity contribution is 5.73. The van der Waals surface area contributed by atoms with Crippen LogP contribution >= 0.6 is 0 Å². The van der Waals surface area contributed by atoms with Gasteiger partial charge in [0.25, 0.3) is 0 Å². The summed E-state index contributed by atoms with van der Waals surface area (Å²) in [7, 11) is 1.78. The van der Waals surface area contributed by atoms with Crippen LogP contribution in [0.2, 0.25) is 0 Å². The smallest absolute Gasteiger partial charge is 0.217 e. The number of nitrogens with zero attached hydrogens (tertiary/aromatic N) is 1. The van der Waals surface area contributed by atoms with Gasteiger partial charge in [0.2, 0.25) is 5.91 Å². The Hall–Kier alpha value is -1.34. The summed E-state index contributed by atoms with van der Waals surface area (Å²) in [6, 6.07) is 2.77. The highest BCUT2D eigenvalue weighted by Gasteiger charge is 2.26. The molecule has 4 heteroatoms. The molecular weight excluding hydrogens is 276 g/mol. The number of methoxy groups -OCH3 is 1. The SMILES string of the molecule is COC1CCC(C(C#N)=CC2CCC(NC(C)=O)CC2)CC1. The van der Waals surface area contributed by atoms with Crippen molar-refractivity contribution in [3.8, 4) is 6.07 Å². The van der Waals surface area contributed by atoms with Crippen molar-refractivity contribution in [2.45, 2.75) is 70.4 Å². The summed E-state index contributed by atoms with van der Waals surface area (Å²) in [5.41, 5.74) is 0.984. The molecule has 0 aromatic rings. The molecule has 0 saturated heterocycles. The van der Waals surface area contributed by atoms with Crippen LogP contribution in [-0.2, 0) is 9.53 Å². The summed E-state index contributed by atoms with van der Waals surface area (Å²) in [5, 5.41) is 12.5. The van der Waals surface area contributed by atoms with Gasteiger partial charge in [0.05, 0.1) is 12.2 Å². The molecule has 122 valence electrons. The third kappa shape index (κ3) is 4.84. The molecule has 0 aliphatic heterocycles. The molecule has 22 heavy (non-hydrogen) atoms. The normalized spacial score (nSPS) is 33.0. The minimum Gasteiger partial charge on any atom is -0.381 e. The van der Waals surface area contributed by atoms with Crippen LogP contribution in [0.3, 0.4) is 0 Å². The van der Waals surface area contributed by atoms with Gasteiger partial charge in [0.15, 0.2) is 0 Å². The van der Waals surface area contributed by atoms with Gasteiger partial charge in [-0.2, -0.15) is 5.26 Å². The zero-order valence-electron chi connectivity index (χ0n) is 13.8. The summed E-state index contributed by atoms with van der Waals surface area (Å²) in [6.45, 7) is 1.58. The van der Waals surface area contributed by atoms with Crippen molar-refractivity contribution in [1.29, 1.82) is 5.26 Å². The molecule has 2 rings (SSSR count). The first-order chi connectivity index (χ1) is 10.6. The van der Waals surface area contributed by atoms with Gasteiger partial charge in [0, 0.05) is 25.6 Å². The Balaban J connectivity index is 1.85. The maximum absolute atomic E-state index is 11.1. The highest BCUT2D eigenvalue weighted by atomic mass is 16.5. The average molecular weight is 304 g/mol. The molecule has 1 amide bonds. The van der Waals surface area contributed by atoms with Gasteiger partial charge in [-0.1, -0.05) is 6.08 Å². The van der Waals surface area contributed by atoms with Crippen molar-refractivity contribution in [2.75, 3.05) is 7.11 Å². The second-order valence-corrected chi connectivity index (χ2v) is 6.76. The lowest BCUT2D eigenvalue weighted by Crippen LogP contribution is -2.36. The standard InChI is InChI=1S/C18H28N2O2/c1-13(21)20-17-7-3-14(4-8-17)11-16(12-19)15-5-9-18(22-2)10-6-15/h11,14-15,17-18H,3-10H2,1-2H3,(H,20,21). The second kappa shape index (κ2) is 8.33. The maximum Gasteiger partial charge on any atom is 0.217 e. The first-order valence-corrected chi connectivity index (χ1v) is 8.54. The Kier molecular flexibility index (Phi) is 6.45. The molecule has 0 bridgehead atoms. The largest absolute Gasteiger partial charge is 0.381 e. The van der Waals surface area contributed by atoms with Crippen LogP contribution in [-0.4, -0.2) is 25.2 Å². The van der Waals surface area contributed by atoms with E-state index in [1.807, 2.05) is 0 Å². The third-order valence-corrected chi connectivity index (χ3v) is 5.17. The molecule has 4 nitrogen and oxygen atoms in total. The van der Waals surface area contributed by atoms with Crippen LogP contribution in [0.15, 0.2) is 11.6 Å². The highest BCUT2D eigenvalue weighted by Crippen LogP contribution is 2.33. The molecule has 0 unspecified atom stereocenters. The molecule has 2 fully saturated rings. The van der Waals surface area contributed by atoms with Crippen molar-refractivity contribution in [2.24, 2.45) is 11.8 Å². The van der Waals surface area contributed by atoms with E-state index in [1.165, 1.54) is 0 Å². The molecule has 0 aromatic heterocycles. The minimum atomic E-state index is 0.0617. The monoisotopic (exact) mass is 304 g/mol. The van der Waals surface area contributed by atoms with Gasteiger partial charge in [-0.15, -0.1) is 0 Å². The fourth-order valence-electron chi connectivity index (χ4n) is 3.85. The molecule has 0 spiro atoms. The number of amides is 1. The van der Waals surface area contributed by atoms with E-state index >= 15 is 0 Å². The number of hydrogen-bond donors (Lipinski definition) is 1. The minimum absolute atomic E-state index is 0.0617. The Morgan fingerprint density at radius 3 is 2.27 bits per heavy atom. The van der Waals surface area contributed by atoms with Crippen LogP contribution in [0.5, 0.6) is 0 Å². The molecule has 0 heterocycles. The van der Waals surface area contributed by atoms with E-state index in [-0.39, 0.29) is 5.91 Å². The summed E-state index contributed by atoms with van der Waals surface area (Å²) < 4.78 is 5.41. The summed E-state index contributed by atoms with van der Waals surface area (Å²) in [4.78, 5) is 11.1. The van der Waals surface area contributed by atoms with Crippen molar-refractivity contribution < 1.29 is 9.53 Å². The Morgan fingerprint density at radius 2 is 1.77 bits per heavy atom. The molecule has 2 aliphatic rings. The Bertz CT molecular complexity index is 436. The topological polar surface area (TPSA) is 62.1 Å². The van der Waals surface area contributed by atoms with E-state index in [9.17, 15) is 10.1 Å². The van der Waals surface area contributed by atoms with Crippen molar-refractivity contribution in [3.05, 3.63) is 11.6 Å². The molecule has 1 N–H and O–H groups in total. The maximum atomic E-state index is 11.1. The number of nitriles is 1. The van der Waals surface area contributed by atoms with Gasteiger partial charge in [-0.3, -0.25) is 4.79 Å². The lowest BCUT2D eigenvalue weighted by molar-refractivity contribution is -0.119. The number of carbonyl (C=O) groups is 1. The number of carbonyl (C=O) groups excluding carboxylic acids is 1. The van der Waals surface area contributed by atoms with E-state index in [0.717, 1.165) is 56.9 Å². The second-order valence-electron chi connectivity index (χ2n) is 6.76. The predicted octanol–water partition coefficient (Wildman–Crippen LogP) is 3.34. The first kappa shape index (κ1) is 17.0. The van der Waals surface area contributed by atoms with E-state index < -0.39 is 0 Å².